The van der Waals surface area contributed by atoms with Gasteiger partial charge >= 0.3 is 11.9 Å². The fourth-order valence-electron chi connectivity index (χ4n) is 2.25. The van der Waals surface area contributed by atoms with E-state index in [9.17, 15) is 24.6 Å². The molecule has 170 valence electrons. The van der Waals surface area contributed by atoms with Gasteiger partial charge in [-0.3, -0.25) is 11.5 Å². The molecule has 0 radical (unpaired) electrons. The van der Waals surface area contributed by atoms with Crippen LogP contribution in [0.3, 0.4) is 0 Å². The molecule has 0 saturated carbocycles. The number of hydrogen-bond donors (Lipinski definition) is 4. The number of carbonyl (C=O) groups is 2. The number of aliphatic hydroxyl groups is 2. The first-order valence-corrected chi connectivity index (χ1v) is 7.99. The second-order valence-electron chi connectivity index (χ2n) is 5.94. The van der Waals surface area contributed by atoms with Crippen LogP contribution in [0.25, 0.3) is 5.57 Å². The lowest BCUT2D eigenvalue weighted by Crippen LogP contribution is -2.53. The molecule has 2 atom stereocenters. The maximum absolute atomic E-state index is 12.0. The number of hydrogen-bond acceptors (Lipinski definition) is 9. The van der Waals surface area contributed by atoms with Crippen LogP contribution in [0.5, 0.6) is 0 Å². The first kappa shape index (κ1) is 29.7. The van der Waals surface area contributed by atoms with Crippen molar-refractivity contribution in [2.45, 2.75) is 17.9 Å². The summed E-state index contributed by atoms with van der Waals surface area (Å²) in [6.45, 7) is 0. The second-order valence-corrected chi connectivity index (χ2v) is 5.94. The molecular weight excluding hydrogens is 416 g/mol. The van der Waals surface area contributed by atoms with Crippen LogP contribution < -0.4 is 11.5 Å². The van der Waals surface area contributed by atoms with E-state index in [1.807, 2.05) is 0 Å². The van der Waals surface area contributed by atoms with E-state index in [2.05, 4.69) is 9.78 Å². The van der Waals surface area contributed by atoms with Crippen molar-refractivity contribution in [3.63, 3.8) is 0 Å². The van der Waals surface area contributed by atoms with Gasteiger partial charge in [0.15, 0.2) is 0 Å². The van der Waals surface area contributed by atoms with Crippen LogP contribution in [-0.4, -0.2) is 56.0 Å². The number of carbonyl (C=O) groups excluding carboxylic acids is 3. The summed E-state index contributed by atoms with van der Waals surface area (Å²) in [4.78, 5) is 43.5. The zero-order valence-electron chi connectivity index (χ0n) is 16.1. The fraction of sp³-hybridized carbons (Fsp3) is 0.158. The Morgan fingerprint density at radius 1 is 0.839 bits per heavy atom. The van der Waals surface area contributed by atoms with Gasteiger partial charge in [-0.2, -0.15) is 0 Å². The summed E-state index contributed by atoms with van der Waals surface area (Å²) in [7, 11) is 0. The minimum absolute atomic E-state index is 0. The Hall–Kier alpha value is -3.45. The van der Waals surface area contributed by atoms with Gasteiger partial charge in [0.2, 0.25) is 5.72 Å². The molecule has 0 fully saturated rings. The third kappa shape index (κ3) is 7.38. The lowest BCUT2D eigenvalue weighted by atomic mass is 9.97. The molecule has 0 aromatic heterocycles. The van der Waals surface area contributed by atoms with Gasteiger partial charge in [-0.15, -0.1) is 0 Å². The van der Waals surface area contributed by atoms with Crippen molar-refractivity contribution in [2.75, 3.05) is 0 Å². The van der Waals surface area contributed by atoms with E-state index in [1.165, 1.54) is 30.2 Å². The molecule has 0 spiro atoms. The van der Waals surface area contributed by atoms with Crippen molar-refractivity contribution < 1.29 is 50.8 Å². The maximum atomic E-state index is 12.0. The monoisotopic (exact) mass is 440 g/mol. The summed E-state index contributed by atoms with van der Waals surface area (Å²) < 4.78 is 0. The molecule has 12 N–H and O–H groups in total. The van der Waals surface area contributed by atoms with Gasteiger partial charge in [0.25, 0.3) is 5.72 Å². The van der Waals surface area contributed by atoms with E-state index in [1.54, 1.807) is 36.4 Å². The first-order chi connectivity index (χ1) is 13.2. The first-order valence-electron chi connectivity index (χ1n) is 7.99. The van der Waals surface area contributed by atoms with Crippen LogP contribution >= 0.6 is 0 Å². The van der Waals surface area contributed by atoms with Gasteiger partial charge in [-0.1, -0.05) is 60.7 Å². The van der Waals surface area contributed by atoms with Crippen molar-refractivity contribution in [1.82, 2.24) is 0 Å². The highest BCUT2D eigenvalue weighted by Crippen LogP contribution is 2.22. The third-order valence-corrected chi connectivity index (χ3v) is 3.72. The molecule has 0 bridgehead atoms. The largest absolute Gasteiger partial charge is 0.412 e. The molecule has 0 saturated heterocycles. The van der Waals surface area contributed by atoms with Gasteiger partial charge < -0.3 is 26.6 Å². The van der Waals surface area contributed by atoms with Crippen molar-refractivity contribution >= 4 is 23.5 Å². The topological polar surface area (TPSA) is 257 Å². The van der Waals surface area contributed by atoms with Crippen molar-refractivity contribution in [2.24, 2.45) is 11.5 Å². The molecule has 0 amide bonds. The molecule has 2 rings (SSSR count). The Morgan fingerprint density at radius 2 is 1.29 bits per heavy atom. The molecule has 2 aromatic carbocycles. The van der Waals surface area contributed by atoms with E-state index in [4.69, 9.17) is 11.5 Å². The smallest absolute Gasteiger partial charge is 0.407 e. The lowest BCUT2D eigenvalue weighted by Gasteiger charge is -2.23. The van der Waals surface area contributed by atoms with E-state index in [0.29, 0.717) is 5.56 Å². The molecule has 2 unspecified atom stereocenters. The Labute approximate surface area is 176 Å². The lowest BCUT2D eigenvalue weighted by molar-refractivity contribution is -0.277. The van der Waals surface area contributed by atoms with Crippen LogP contribution in [0, 0.1) is 0 Å². The van der Waals surface area contributed by atoms with Crippen LogP contribution in [0.2, 0.25) is 0 Å². The Kier molecular flexibility index (Phi) is 11.8. The molecule has 2 aromatic rings. The molecule has 31 heavy (non-hydrogen) atoms. The maximum Gasteiger partial charge on any atom is 0.407 e. The third-order valence-electron chi connectivity index (χ3n) is 3.72. The van der Waals surface area contributed by atoms with E-state index in [0.717, 1.165) is 0 Å². The average molecular weight is 440 g/mol. The summed E-state index contributed by atoms with van der Waals surface area (Å²) in [5.41, 5.74) is 5.46. The quantitative estimate of drug-likeness (QED) is 0.154. The van der Waals surface area contributed by atoms with Crippen molar-refractivity contribution in [3.05, 3.63) is 71.8 Å². The Morgan fingerprint density at radius 3 is 1.77 bits per heavy atom. The summed E-state index contributed by atoms with van der Waals surface area (Å²) in [6, 6.07) is 15.8. The molecular formula is C19H24N2O10. The molecule has 12 nitrogen and oxygen atoms in total. The predicted octanol–water partition coefficient (Wildman–Crippen LogP) is -3.03. The van der Waals surface area contributed by atoms with Gasteiger partial charge in [-0.05, 0) is 11.1 Å². The van der Waals surface area contributed by atoms with Gasteiger partial charge in [0, 0.05) is 6.42 Å². The fourth-order valence-corrected chi connectivity index (χ4v) is 2.25. The number of nitrogens with two attached hydrogens (primary N) is 2. The van der Waals surface area contributed by atoms with Gasteiger partial charge in [-0.25, -0.2) is 24.2 Å². The summed E-state index contributed by atoms with van der Waals surface area (Å²) >= 11 is 0. The summed E-state index contributed by atoms with van der Waals surface area (Å²) in [6.07, 6.45) is -0.333. The minimum Gasteiger partial charge on any atom is -0.412 e. The predicted molar refractivity (Wildman–Crippen MR) is 107 cm³/mol. The summed E-state index contributed by atoms with van der Waals surface area (Å²) in [5, 5.41) is 20.2. The molecule has 0 aliphatic carbocycles. The van der Waals surface area contributed by atoms with E-state index < -0.39 is 29.0 Å². The molecule has 0 heterocycles. The number of rotatable bonds is 6. The number of benzene rings is 2. The van der Waals surface area contributed by atoms with Crippen LogP contribution in [-0.2, 0) is 30.6 Å². The van der Waals surface area contributed by atoms with E-state index >= 15 is 0 Å². The average Bonchev–Trinajstić information content (AvgIpc) is 2.67. The Bertz CT molecular complexity index is 894. The highest BCUT2D eigenvalue weighted by atomic mass is 17.2. The van der Waals surface area contributed by atoms with Crippen LogP contribution in [0.4, 0.5) is 0 Å². The van der Waals surface area contributed by atoms with Gasteiger partial charge in [0.05, 0.1) is 0 Å². The summed E-state index contributed by atoms with van der Waals surface area (Å²) in [5.74, 6) is -1.82. The zero-order valence-corrected chi connectivity index (χ0v) is 16.1. The molecule has 0 aliphatic rings. The van der Waals surface area contributed by atoms with Crippen molar-refractivity contribution in [1.29, 1.82) is 0 Å². The minimum atomic E-state index is -2.96. The highest BCUT2D eigenvalue weighted by molar-refractivity contribution is 6.04. The van der Waals surface area contributed by atoms with Gasteiger partial charge in [0.1, 0.15) is 11.5 Å². The normalized spacial score (nSPS) is 13.3. The second kappa shape index (κ2) is 12.3. The molecule has 12 heteroatoms. The Balaban J connectivity index is 0. The van der Waals surface area contributed by atoms with Crippen LogP contribution in [0.15, 0.2) is 60.7 Å². The molecule has 0 aliphatic heterocycles. The highest BCUT2D eigenvalue weighted by Gasteiger charge is 2.43. The van der Waals surface area contributed by atoms with Crippen LogP contribution in [0.1, 0.15) is 11.1 Å². The zero-order chi connectivity index (χ0) is 20.8. The van der Waals surface area contributed by atoms with E-state index in [-0.39, 0.29) is 28.4 Å². The van der Waals surface area contributed by atoms with Crippen molar-refractivity contribution in [3.8, 4) is 0 Å². The standard InChI is InChI=1S/C19H18N2O7.3H2O/c20-18(25,11-13-7-3-1-4-8-13)16(23)27-28-17(24)19(21,26)15(12-22)14-9-5-2-6-10-14;;;/h1-10,25-26H,11,20-21H2;3*1H2. The SMILES string of the molecule is NC(O)(Cc1ccccc1)C(=O)OOC(=O)C(N)(O)C(=C=O)c1ccccc1.O.O.O.